The van der Waals surface area contributed by atoms with Gasteiger partial charge in [-0.2, -0.15) is 0 Å². The molecule has 2 aliphatic rings. The van der Waals surface area contributed by atoms with Gasteiger partial charge in [0.05, 0.1) is 0 Å². The molecule has 1 amide bonds. The molecule has 0 aromatic heterocycles. The van der Waals surface area contributed by atoms with E-state index in [0.717, 1.165) is 18.5 Å². The van der Waals surface area contributed by atoms with E-state index in [0.29, 0.717) is 29.9 Å². The number of piperidine rings is 1. The fourth-order valence-corrected chi connectivity index (χ4v) is 4.92. The molecule has 1 N–H and O–H groups in total. The minimum atomic E-state index is 0.130. The average Bonchev–Trinajstić information content (AvgIpc) is 3.16. The Morgan fingerprint density at radius 2 is 1.79 bits per heavy atom. The maximum atomic E-state index is 12.3. The Hall–Kier alpha value is -1.84. The highest BCUT2D eigenvalue weighted by atomic mass is 35.5. The maximum Gasteiger partial charge on any atom is 0.220 e. The highest BCUT2D eigenvalue weighted by molar-refractivity contribution is 6.31. The van der Waals surface area contributed by atoms with Crippen molar-refractivity contribution in [2.75, 3.05) is 13.1 Å². The van der Waals surface area contributed by atoms with E-state index in [2.05, 4.69) is 34.5 Å². The van der Waals surface area contributed by atoms with Gasteiger partial charge in [-0.1, -0.05) is 54.1 Å². The van der Waals surface area contributed by atoms with Crippen LogP contribution in [0.2, 0.25) is 5.02 Å². The third-order valence-electron chi connectivity index (χ3n) is 6.31. The van der Waals surface area contributed by atoms with Crippen molar-refractivity contribution in [3.63, 3.8) is 0 Å². The van der Waals surface area contributed by atoms with Gasteiger partial charge < -0.3 is 5.32 Å². The van der Waals surface area contributed by atoms with Crippen LogP contribution in [0.1, 0.15) is 42.4 Å². The van der Waals surface area contributed by atoms with Crippen molar-refractivity contribution >= 4 is 17.5 Å². The number of halogens is 1. The van der Waals surface area contributed by atoms with Gasteiger partial charge in [0, 0.05) is 30.6 Å². The number of hydrogen-bond donors (Lipinski definition) is 1. The summed E-state index contributed by atoms with van der Waals surface area (Å²) in [4.78, 5) is 15.0. The molecule has 0 saturated carbocycles. The number of rotatable bonds is 6. The minimum Gasteiger partial charge on any atom is -0.352 e. The quantitative estimate of drug-likeness (QED) is 0.772. The molecule has 4 rings (SSSR count). The molecule has 4 heteroatoms. The van der Waals surface area contributed by atoms with Gasteiger partial charge in [-0.15, -0.1) is 0 Å². The fourth-order valence-electron chi connectivity index (χ4n) is 4.72. The lowest BCUT2D eigenvalue weighted by Crippen LogP contribution is -2.43. The number of nitrogens with one attached hydrogen (secondary N) is 1. The van der Waals surface area contributed by atoms with Gasteiger partial charge in [-0.05, 0) is 67.3 Å². The molecule has 1 unspecified atom stereocenters. The molecule has 1 saturated heterocycles. The molecule has 148 valence electrons. The Labute approximate surface area is 173 Å². The van der Waals surface area contributed by atoms with E-state index < -0.39 is 0 Å². The van der Waals surface area contributed by atoms with Crippen molar-refractivity contribution in [1.82, 2.24) is 10.2 Å². The molecule has 0 bridgehead atoms. The van der Waals surface area contributed by atoms with Crippen LogP contribution in [0.4, 0.5) is 0 Å². The number of hydrogen-bond acceptors (Lipinski definition) is 2. The lowest BCUT2D eigenvalue weighted by Gasteiger charge is -2.36. The molecule has 1 aliphatic carbocycles. The van der Waals surface area contributed by atoms with Crippen molar-refractivity contribution in [1.29, 1.82) is 0 Å². The Balaban J connectivity index is 1.22. The van der Waals surface area contributed by atoms with Crippen LogP contribution in [-0.4, -0.2) is 29.9 Å². The summed E-state index contributed by atoms with van der Waals surface area (Å²) in [6, 6.07) is 17.2. The van der Waals surface area contributed by atoms with E-state index in [1.807, 2.05) is 24.3 Å². The zero-order chi connectivity index (χ0) is 19.3. The van der Waals surface area contributed by atoms with Crippen LogP contribution in [0.15, 0.2) is 48.5 Å². The average molecular weight is 397 g/mol. The topological polar surface area (TPSA) is 32.3 Å². The summed E-state index contributed by atoms with van der Waals surface area (Å²) in [5, 5.41) is 3.73. The highest BCUT2D eigenvalue weighted by Gasteiger charge is 2.30. The summed E-state index contributed by atoms with van der Waals surface area (Å²) in [6.07, 6.45) is 6.44. The number of fused-ring (bicyclic) bond motifs is 1. The summed E-state index contributed by atoms with van der Waals surface area (Å²) in [6.45, 7) is 2.85. The van der Waals surface area contributed by atoms with Crippen LogP contribution in [0.25, 0.3) is 0 Å². The molecule has 1 heterocycles. The first-order chi connectivity index (χ1) is 13.7. The van der Waals surface area contributed by atoms with Crippen molar-refractivity contribution < 1.29 is 4.79 Å². The van der Waals surface area contributed by atoms with Crippen molar-refractivity contribution in [2.24, 2.45) is 5.92 Å². The van der Waals surface area contributed by atoms with Crippen LogP contribution >= 0.6 is 11.6 Å². The highest BCUT2D eigenvalue weighted by Crippen LogP contribution is 2.30. The predicted octanol–water partition coefficient (Wildman–Crippen LogP) is 4.62. The van der Waals surface area contributed by atoms with Crippen molar-refractivity contribution in [3.8, 4) is 0 Å². The second-order valence-corrected chi connectivity index (χ2v) is 8.65. The maximum absolute atomic E-state index is 12.3. The summed E-state index contributed by atoms with van der Waals surface area (Å²) in [7, 11) is 0. The number of amides is 1. The van der Waals surface area contributed by atoms with Gasteiger partial charge in [0.25, 0.3) is 0 Å². The van der Waals surface area contributed by atoms with E-state index in [9.17, 15) is 4.79 Å². The molecule has 2 aromatic rings. The second-order valence-electron chi connectivity index (χ2n) is 8.24. The SMILES string of the molecule is O=C(CCC1CCCN(C2Cc3ccccc3C2)C1)NCc1ccccc1Cl. The third-order valence-corrected chi connectivity index (χ3v) is 6.68. The first kappa shape index (κ1) is 19.5. The minimum absolute atomic E-state index is 0.130. The van der Waals surface area contributed by atoms with E-state index in [-0.39, 0.29) is 5.91 Å². The Morgan fingerprint density at radius 3 is 2.54 bits per heavy atom. The smallest absolute Gasteiger partial charge is 0.220 e. The molecule has 1 fully saturated rings. The van der Waals surface area contributed by atoms with Gasteiger partial charge in [-0.3, -0.25) is 9.69 Å². The van der Waals surface area contributed by atoms with Gasteiger partial charge in [0.1, 0.15) is 0 Å². The van der Waals surface area contributed by atoms with E-state index in [1.165, 1.54) is 43.4 Å². The first-order valence-electron chi connectivity index (χ1n) is 10.5. The fraction of sp³-hybridized carbons (Fsp3) is 0.458. The summed E-state index contributed by atoms with van der Waals surface area (Å²) >= 11 is 6.16. The normalized spacial score (nSPS) is 20.1. The summed E-state index contributed by atoms with van der Waals surface area (Å²) in [5.41, 5.74) is 4.02. The molecular formula is C24H29ClN2O. The lowest BCUT2D eigenvalue weighted by molar-refractivity contribution is -0.121. The molecular weight excluding hydrogens is 368 g/mol. The number of likely N-dealkylation sites (tertiary alicyclic amines) is 1. The lowest BCUT2D eigenvalue weighted by atomic mass is 9.92. The Morgan fingerprint density at radius 1 is 1.07 bits per heavy atom. The summed E-state index contributed by atoms with van der Waals surface area (Å²) < 4.78 is 0. The van der Waals surface area contributed by atoms with Gasteiger partial charge in [0.2, 0.25) is 5.91 Å². The predicted molar refractivity (Wildman–Crippen MR) is 114 cm³/mol. The van der Waals surface area contributed by atoms with Crippen LogP contribution in [-0.2, 0) is 24.2 Å². The van der Waals surface area contributed by atoms with E-state index >= 15 is 0 Å². The molecule has 28 heavy (non-hydrogen) atoms. The van der Waals surface area contributed by atoms with E-state index in [1.54, 1.807) is 0 Å². The van der Waals surface area contributed by atoms with Crippen LogP contribution in [0.5, 0.6) is 0 Å². The van der Waals surface area contributed by atoms with E-state index in [4.69, 9.17) is 11.6 Å². The molecule has 0 radical (unpaired) electrons. The largest absolute Gasteiger partial charge is 0.352 e. The van der Waals surface area contributed by atoms with Gasteiger partial charge >= 0.3 is 0 Å². The first-order valence-corrected chi connectivity index (χ1v) is 10.9. The summed E-state index contributed by atoms with van der Waals surface area (Å²) in [5.74, 6) is 0.758. The monoisotopic (exact) mass is 396 g/mol. The van der Waals surface area contributed by atoms with Crippen molar-refractivity contribution in [3.05, 3.63) is 70.2 Å². The third kappa shape index (κ3) is 4.76. The molecule has 0 spiro atoms. The molecule has 1 atom stereocenters. The number of carbonyl (C=O) groups excluding carboxylic acids is 1. The number of carbonyl (C=O) groups is 1. The van der Waals surface area contributed by atoms with Gasteiger partial charge in [0.15, 0.2) is 0 Å². The second kappa shape index (κ2) is 9.11. The van der Waals surface area contributed by atoms with Crippen LogP contribution in [0.3, 0.4) is 0 Å². The number of nitrogens with zero attached hydrogens (tertiary/aromatic N) is 1. The molecule has 1 aliphatic heterocycles. The van der Waals surface area contributed by atoms with Gasteiger partial charge in [-0.25, -0.2) is 0 Å². The van der Waals surface area contributed by atoms with Crippen molar-refractivity contribution in [2.45, 2.75) is 51.1 Å². The van der Waals surface area contributed by atoms with Crippen LogP contribution < -0.4 is 5.32 Å². The molecule has 3 nitrogen and oxygen atoms in total. The zero-order valence-electron chi connectivity index (χ0n) is 16.4. The Bertz CT molecular complexity index is 797. The Kier molecular flexibility index (Phi) is 6.33. The standard InChI is InChI=1S/C24H29ClN2O/c25-23-10-4-3-9-21(23)16-26-24(28)12-11-18-6-5-13-27(17-18)22-14-19-7-1-2-8-20(19)15-22/h1-4,7-10,18,22H,5-6,11-17H2,(H,26,28). The van der Waals surface area contributed by atoms with Crippen LogP contribution in [0, 0.1) is 5.92 Å². The zero-order valence-corrected chi connectivity index (χ0v) is 17.1. The molecule has 2 aromatic carbocycles. The number of benzene rings is 2.